The molecular weight excluding hydrogens is 182 g/mol. The summed E-state index contributed by atoms with van der Waals surface area (Å²) in [4.78, 5) is 11.7. The molecule has 0 amide bonds. The number of aryl methyl sites for hydroxylation is 1. The van der Waals surface area contributed by atoms with E-state index in [0.29, 0.717) is 12.3 Å². The second-order valence-corrected chi connectivity index (χ2v) is 3.55. The molecule has 1 unspecified atom stereocenters. The van der Waals surface area contributed by atoms with Crippen LogP contribution in [0, 0.1) is 0 Å². The number of H-pyrrole nitrogens is 1. The molecule has 1 saturated heterocycles. The number of aromatic nitrogens is 2. The zero-order chi connectivity index (χ0) is 10.1. The number of nitrogens with zero attached hydrogens (tertiary/aromatic N) is 1. The van der Waals surface area contributed by atoms with Gasteiger partial charge in [0.2, 0.25) is 0 Å². The maximum atomic E-state index is 11.7. The maximum absolute atomic E-state index is 11.7. The Morgan fingerprint density at radius 2 is 2.50 bits per heavy atom. The van der Waals surface area contributed by atoms with Gasteiger partial charge in [-0.25, -0.2) is 4.68 Å². The van der Waals surface area contributed by atoms with E-state index in [0.717, 1.165) is 25.1 Å². The lowest BCUT2D eigenvalue weighted by Crippen LogP contribution is -2.23. The third-order valence-corrected chi connectivity index (χ3v) is 2.65. The summed E-state index contributed by atoms with van der Waals surface area (Å²) in [5, 5.41) is 3.04. The summed E-state index contributed by atoms with van der Waals surface area (Å²) in [6.45, 7) is 3.29. The van der Waals surface area contributed by atoms with E-state index in [9.17, 15) is 4.79 Å². The summed E-state index contributed by atoms with van der Waals surface area (Å²) in [6.07, 6.45) is 1.63. The van der Waals surface area contributed by atoms with E-state index in [1.807, 2.05) is 6.92 Å². The minimum Gasteiger partial charge on any atom is -0.393 e. The van der Waals surface area contributed by atoms with Gasteiger partial charge in [-0.15, -0.1) is 0 Å². The quantitative estimate of drug-likeness (QED) is 0.715. The standard InChI is InChI=1S/C9H15N3O2/c1-2-7-8(10)9(13)12(11-7)6-3-4-14-5-6/h6,11H,2-5,10H2,1H3. The van der Waals surface area contributed by atoms with Gasteiger partial charge in [-0.05, 0) is 12.8 Å². The lowest BCUT2D eigenvalue weighted by Gasteiger charge is -2.07. The van der Waals surface area contributed by atoms with Crippen LogP contribution in [0.2, 0.25) is 0 Å². The molecule has 1 aliphatic heterocycles. The molecule has 0 spiro atoms. The molecular formula is C9H15N3O2. The summed E-state index contributed by atoms with van der Waals surface area (Å²) in [7, 11) is 0. The summed E-state index contributed by atoms with van der Waals surface area (Å²) < 4.78 is 6.83. The van der Waals surface area contributed by atoms with E-state index in [1.54, 1.807) is 4.68 Å². The third-order valence-electron chi connectivity index (χ3n) is 2.65. The van der Waals surface area contributed by atoms with E-state index in [4.69, 9.17) is 10.5 Å². The SMILES string of the molecule is CCc1[nH]n(C2CCOC2)c(=O)c1N. The van der Waals surface area contributed by atoms with Crippen molar-refractivity contribution in [3.05, 3.63) is 16.0 Å². The Kier molecular flexibility index (Phi) is 2.33. The summed E-state index contributed by atoms with van der Waals surface area (Å²) >= 11 is 0. The van der Waals surface area contributed by atoms with Crippen LogP contribution in [0.15, 0.2) is 4.79 Å². The molecule has 14 heavy (non-hydrogen) atoms. The van der Waals surface area contributed by atoms with E-state index in [-0.39, 0.29) is 11.6 Å². The number of ether oxygens (including phenoxy) is 1. The van der Waals surface area contributed by atoms with Crippen LogP contribution in [-0.4, -0.2) is 23.0 Å². The second kappa shape index (κ2) is 3.49. The highest BCUT2D eigenvalue weighted by Gasteiger charge is 2.21. The maximum Gasteiger partial charge on any atom is 0.290 e. The van der Waals surface area contributed by atoms with Crippen molar-refractivity contribution < 1.29 is 4.74 Å². The largest absolute Gasteiger partial charge is 0.393 e. The monoisotopic (exact) mass is 197 g/mol. The Labute approximate surface area is 81.8 Å². The van der Waals surface area contributed by atoms with Crippen LogP contribution < -0.4 is 11.3 Å². The Bertz CT molecular complexity index is 374. The molecule has 0 aromatic carbocycles. The zero-order valence-electron chi connectivity index (χ0n) is 8.25. The molecule has 1 atom stereocenters. The molecule has 0 bridgehead atoms. The molecule has 0 radical (unpaired) electrons. The molecule has 78 valence electrons. The normalized spacial score (nSPS) is 21.6. The number of nitrogen functional groups attached to an aromatic ring is 1. The number of hydrogen-bond acceptors (Lipinski definition) is 3. The summed E-state index contributed by atoms with van der Waals surface area (Å²) in [5.41, 5.74) is 6.73. The van der Waals surface area contributed by atoms with E-state index >= 15 is 0 Å². The number of nitrogens with two attached hydrogens (primary N) is 1. The lowest BCUT2D eigenvalue weighted by atomic mass is 10.3. The molecule has 1 aromatic heterocycles. The van der Waals surface area contributed by atoms with Gasteiger partial charge in [-0.2, -0.15) is 0 Å². The molecule has 0 saturated carbocycles. The predicted molar refractivity (Wildman–Crippen MR) is 53.3 cm³/mol. The first-order chi connectivity index (χ1) is 6.74. The van der Waals surface area contributed by atoms with Crippen molar-refractivity contribution >= 4 is 5.69 Å². The van der Waals surface area contributed by atoms with Crippen LogP contribution in [0.5, 0.6) is 0 Å². The average molecular weight is 197 g/mol. The molecule has 1 aliphatic rings. The number of rotatable bonds is 2. The van der Waals surface area contributed by atoms with Gasteiger partial charge in [-0.1, -0.05) is 6.92 Å². The fourth-order valence-corrected chi connectivity index (χ4v) is 1.77. The molecule has 0 aliphatic carbocycles. The smallest absolute Gasteiger partial charge is 0.290 e. The number of aromatic amines is 1. The topological polar surface area (TPSA) is 73.0 Å². The highest BCUT2D eigenvalue weighted by atomic mass is 16.5. The summed E-state index contributed by atoms with van der Waals surface area (Å²) in [6, 6.07) is 0.130. The van der Waals surface area contributed by atoms with Crippen molar-refractivity contribution in [1.82, 2.24) is 9.78 Å². The molecule has 5 nitrogen and oxygen atoms in total. The first kappa shape index (κ1) is 9.33. The van der Waals surface area contributed by atoms with Gasteiger partial charge in [0, 0.05) is 6.61 Å². The number of hydrogen-bond donors (Lipinski definition) is 2. The van der Waals surface area contributed by atoms with E-state index in [2.05, 4.69) is 5.10 Å². The highest BCUT2D eigenvalue weighted by molar-refractivity contribution is 5.40. The molecule has 5 heteroatoms. The zero-order valence-corrected chi connectivity index (χ0v) is 8.25. The van der Waals surface area contributed by atoms with Crippen LogP contribution in [-0.2, 0) is 11.2 Å². The van der Waals surface area contributed by atoms with Gasteiger partial charge < -0.3 is 10.5 Å². The van der Waals surface area contributed by atoms with Crippen molar-refractivity contribution in [3.8, 4) is 0 Å². The molecule has 2 heterocycles. The van der Waals surface area contributed by atoms with Gasteiger partial charge in [0.1, 0.15) is 5.69 Å². The predicted octanol–water partition coefficient (Wildman–Crippen LogP) is 0.282. The van der Waals surface area contributed by atoms with Crippen LogP contribution in [0.4, 0.5) is 5.69 Å². The highest BCUT2D eigenvalue weighted by Crippen LogP contribution is 2.17. The van der Waals surface area contributed by atoms with Crippen molar-refractivity contribution in [2.45, 2.75) is 25.8 Å². The molecule has 2 rings (SSSR count). The molecule has 1 fully saturated rings. The van der Waals surface area contributed by atoms with Gasteiger partial charge in [-0.3, -0.25) is 9.89 Å². The Hall–Kier alpha value is -1.23. The van der Waals surface area contributed by atoms with Crippen LogP contribution in [0.1, 0.15) is 25.1 Å². The first-order valence-corrected chi connectivity index (χ1v) is 4.90. The van der Waals surface area contributed by atoms with Crippen molar-refractivity contribution in [1.29, 1.82) is 0 Å². The van der Waals surface area contributed by atoms with Crippen LogP contribution in [0.3, 0.4) is 0 Å². The van der Waals surface area contributed by atoms with Crippen molar-refractivity contribution in [2.24, 2.45) is 0 Å². The van der Waals surface area contributed by atoms with Crippen LogP contribution in [0.25, 0.3) is 0 Å². The number of nitrogens with one attached hydrogen (secondary N) is 1. The Morgan fingerprint density at radius 1 is 1.71 bits per heavy atom. The first-order valence-electron chi connectivity index (χ1n) is 4.90. The summed E-state index contributed by atoms with van der Waals surface area (Å²) in [5.74, 6) is 0. The number of anilines is 1. The van der Waals surface area contributed by atoms with E-state index in [1.165, 1.54) is 0 Å². The van der Waals surface area contributed by atoms with E-state index < -0.39 is 0 Å². The minimum atomic E-state index is -0.114. The lowest BCUT2D eigenvalue weighted by molar-refractivity contribution is 0.184. The van der Waals surface area contributed by atoms with Gasteiger partial charge >= 0.3 is 0 Å². The van der Waals surface area contributed by atoms with Gasteiger partial charge in [0.25, 0.3) is 5.56 Å². The molecule has 3 N–H and O–H groups in total. The average Bonchev–Trinajstić information content (AvgIpc) is 2.78. The van der Waals surface area contributed by atoms with Crippen molar-refractivity contribution in [2.75, 3.05) is 18.9 Å². The third kappa shape index (κ3) is 1.33. The fraction of sp³-hybridized carbons (Fsp3) is 0.667. The van der Waals surface area contributed by atoms with Crippen molar-refractivity contribution in [3.63, 3.8) is 0 Å². The van der Waals surface area contributed by atoms with Crippen LogP contribution >= 0.6 is 0 Å². The minimum absolute atomic E-state index is 0.114. The van der Waals surface area contributed by atoms with Gasteiger partial charge in [0.05, 0.1) is 18.3 Å². The fourth-order valence-electron chi connectivity index (χ4n) is 1.77. The van der Waals surface area contributed by atoms with Gasteiger partial charge in [0.15, 0.2) is 0 Å². The second-order valence-electron chi connectivity index (χ2n) is 3.55. The molecule has 1 aromatic rings. The Morgan fingerprint density at radius 3 is 3.00 bits per heavy atom. The Balaban J connectivity index is 2.38.